The lowest BCUT2D eigenvalue weighted by atomic mass is 10.1. The molecule has 130 valence electrons. The summed E-state index contributed by atoms with van der Waals surface area (Å²) in [6.45, 7) is 5.77. The van der Waals surface area contributed by atoms with Crippen LogP contribution in [0.15, 0.2) is 15.8 Å². The molecular weight excluding hydrogens is 304 g/mol. The Morgan fingerprint density at radius 2 is 2.00 bits per heavy atom. The van der Waals surface area contributed by atoms with Crippen molar-refractivity contribution >= 4 is 0 Å². The molecule has 0 aromatic carbocycles. The van der Waals surface area contributed by atoms with Crippen molar-refractivity contribution < 1.29 is 18.9 Å². The van der Waals surface area contributed by atoms with Crippen LogP contribution in [0, 0.1) is 6.92 Å². The minimum atomic E-state index is -0.702. The lowest BCUT2D eigenvalue weighted by molar-refractivity contribution is -0.0882. The largest absolute Gasteiger partial charge is 0.382 e. The van der Waals surface area contributed by atoms with Crippen LogP contribution in [0.1, 0.15) is 25.6 Å². The first kappa shape index (κ1) is 17.9. The van der Waals surface area contributed by atoms with Crippen molar-refractivity contribution in [1.29, 1.82) is 0 Å². The Morgan fingerprint density at radius 1 is 1.30 bits per heavy atom. The van der Waals surface area contributed by atoms with E-state index < -0.39 is 23.6 Å². The zero-order chi connectivity index (χ0) is 17.1. The van der Waals surface area contributed by atoms with E-state index in [1.54, 1.807) is 14.0 Å². The number of nitrogens with zero attached hydrogens (tertiary/aromatic N) is 1. The summed E-state index contributed by atoms with van der Waals surface area (Å²) < 4.78 is 23.9. The average Bonchev–Trinajstić information content (AvgIpc) is 2.80. The van der Waals surface area contributed by atoms with Gasteiger partial charge in [0, 0.05) is 26.0 Å². The standard InChI is InChI=1S/C15H24N2O6/c1-8(2)22-11-10(7-20-4)23-14(12(11)21-5)17-6-9(3)13(18)16-15(17)19/h6,8,10-12,14H,7H2,1-5H3,(H,16,18,19)/t10-,11?,12?,14-/m1/s1. The molecule has 1 aromatic rings. The average molecular weight is 328 g/mol. The van der Waals surface area contributed by atoms with Crippen molar-refractivity contribution in [3.8, 4) is 0 Å². The summed E-state index contributed by atoms with van der Waals surface area (Å²) in [6.07, 6.45) is -0.527. The molecule has 2 heterocycles. The van der Waals surface area contributed by atoms with Gasteiger partial charge < -0.3 is 18.9 Å². The van der Waals surface area contributed by atoms with Gasteiger partial charge in [0.05, 0.1) is 12.7 Å². The van der Waals surface area contributed by atoms with Crippen molar-refractivity contribution in [2.75, 3.05) is 20.8 Å². The fourth-order valence-corrected chi connectivity index (χ4v) is 2.74. The summed E-state index contributed by atoms with van der Waals surface area (Å²) in [4.78, 5) is 26.0. The van der Waals surface area contributed by atoms with Gasteiger partial charge in [-0.2, -0.15) is 0 Å². The van der Waals surface area contributed by atoms with Crippen LogP contribution in [0.3, 0.4) is 0 Å². The van der Waals surface area contributed by atoms with E-state index >= 15 is 0 Å². The van der Waals surface area contributed by atoms with Gasteiger partial charge in [-0.05, 0) is 20.8 Å². The molecule has 0 bridgehead atoms. The second kappa shape index (κ2) is 7.39. The predicted octanol–water partition coefficient (Wildman–Crippen LogP) is 0.197. The zero-order valence-corrected chi connectivity index (χ0v) is 14.1. The first-order valence-electron chi connectivity index (χ1n) is 7.53. The monoisotopic (exact) mass is 328 g/mol. The highest BCUT2D eigenvalue weighted by Gasteiger charge is 2.47. The molecular formula is C15H24N2O6. The van der Waals surface area contributed by atoms with Crippen LogP contribution < -0.4 is 11.2 Å². The van der Waals surface area contributed by atoms with Gasteiger partial charge in [0.15, 0.2) is 6.23 Å². The molecule has 0 spiro atoms. The minimum absolute atomic E-state index is 0.0339. The summed E-state index contributed by atoms with van der Waals surface area (Å²) in [7, 11) is 3.11. The van der Waals surface area contributed by atoms with Crippen molar-refractivity contribution in [3.05, 3.63) is 32.6 Å². The first-order valence-corrected chi connectivity index (χ1v) is 7.53. The number of aromatic amines is 1. The molecule has 2 rings (SSSR count). The SMILES string of the molecule is COC[C@H]1O[C@@H](n2cc(C)c(=O)[nH]c2=O)C(OC)C1OC(C)C. The van der Waals surface area contributed by atoms with Crippen molar-refractivity contribution in [2.24, 2.45) is 0 Å². The molecule has 0 saturated carbocycles. The molecule has 2 unspecified atom stereocenters. The number of hydrogen-bond donors (Lipinski definition) is 1. The third-order valence-electron chi connectivity index (χ3n) is 3.74. The highest BCUT2D eigenvalue weighted by molar-refractivity contribution is 5.03. The summed E-state index contributed by atoms with van der Waals surface area (Å²) in [5, 5.41) is 0. The Kier molecular flexibility index (Phi) is 5.74. The highest BCUT2D eigenvalue weighted by atomic mass is 16.6. The highest BCUT2D eigenvalue weighted by Crippen LogP contribution is 2.33. The zero-order valence-electron chi connectivity index (χ0n) is 14.1. The van der Waals surface area contributed by atoms with Gasteiger partial charge in [-0.1, -0.05) is 0 Å². The third-order valence-corrected chi connectivity index (χ3v) is 3.74. The van der Waals surface area contributed by atoms with Crippen LogP contribution >= 0.6 is 0 Å². The normalized spacial score (nSPS) is 27.7. The molecule has 1 aliphatic heterocycles. The Balaban J connectivity index is 2.40. The van der Waals surface area contributed by atoms with Crippen molar-refractivity contribution in [3.63, 3.8) is 0 Å². The number of ether oxygens (including phenoxy) is 4. The second-order valence-electron chi connectivity index (χ2n) is 5.85. The van der Waals surface area contributed by atoms with E-state index in [1.165, 1.54) is 17.9 Å². The topological polar surface area (TPSA) is 91.8 Å². The predicted molar refractivity (Wildman–Crippen MR) is 82.7 cm³/mol. The van der Waals surface area contributed by atoms with E-state index in [0.717, 1.165) is 0 Å². The number of H-pyrrole nitrogens is 1. The Bertz CT molecular complexity index is 638. The summed E-state index contributed by atoms with van der Waals surface area (Å²) in [6, 6.07) is 0. The van der Waals surface area contributed by atoms with Crippen LogP contribution in [0.5, 0.6) is 0 Å². The molecule has 1 aliphatic rings. The molecule has 1 fully saturated rings. The van der Waals surface area contributed by atoms with Gasteiger partial charge >= 0.3 is 5.69 Å². The maximum Gasteiger partial charge on any atom is 0.330 e. The molecule has 0 amide bonds. The molecule has 0 radical (unpaired) electrons. The lowest BCUT2D eigenvalue weighted by Crippen LogP contribution is -2.41. The Labute approximate surface area is 134 Å². The molecule has 23 heavy (non-hydrogen) atoms. The number of aromatic nitrogens is 2. The first-order chi connectivity index (χ1) is 10.9. The van der Waals surface area contributed by atoms with Gasteiger partial charge in [-0.3, -0.25) is 14.3 Å². The number of methoxy groups -OCH3 is 2. The molecule has 1 N–H and O–H groups in total. The maximum atomic E-state index is 12.1. The van der Waals surface area contributed by atoms with Crippen LogP contribution in [0.4, 0.5) is 0 Å². The van der Waals surface area contributed by atoms with Crippen LogP contribution in [-0.4, -0.2) is 54.8 Å². The van der Waals surface area contributed by atoms with E-state index in [0.29, 0.717) is 12.2 Å². The number of hydrogen-bond acceptors (Lipinski definition) is 6. The third kappa shape index (κ3) is 3.72. The fourth-order valence-electron chi connectivity index (χ4n) is 2.74. The number of rotatable bonds is 6. The minimum Gasteiger partial charge on any atom is -0.382 e. The van der Waals surface area contributed by atoms with E-state index in [-0.39, 0.29) is 18.3 Å². The molecule has 4 atom stereocenters. The van der Waals surface area contributed by atoms with Gasteiger partial charge in [0.2, 0.25) is 0 Å². The Morgan fingerprint density at radius 3 is 2.57 bits per heavy atom. The van der Waals surface area contributed by atoms with E-state index in [2.05, 4.69) is 4.98 Å². The van der Waals surface area contributed by atoms with Crippen molar-refractivity contribution in [1.82, 2.24) is 9.55 Å². The van der Waals surface area contributed by atoms with Gasteiger partial charge in [0.25, 0.3) is 5.56 Å². The molecule has 1 aromatic heterocycles. The van der Waals surface area contributed by atoms with Gasteiger partial charge in [0.1, 0.15) is 18.3 Å². The summed E-state index contributed by atoms with van der Waals surface area (Å²) >= 11 is 0. The number of aryl methyl sites for hydroxylation is 1. The van der Waals surface area contributed by atoms with Crippen LogP contribution in [0.25, 0.3) is 0 Å². The van der Waals surface area contributed by atoms with Crippen LogP contribution in [0.2, 0.25) is 0 Å². The molecule has 8 heteroatoms. The second-order valence-corrected chi connectivity index (χ2v) is 5.85. The van der Waals surface area contributed by atoms with E-state index in [1.807, 2.05) is 13.8 Å². The smallest absolute Gasteiger partial charge is 0.330 e. The van der Waals surface area contributed by atoms with Gasteiger partial charge in [-0.25, -0.2) is 4.79 Å². The lowest BCUT2D eigenvalue weighted by Gasteiger charge is -2.25. The quantitative estimate of drug-likeness (QED) is 0.802. The van der Waals surface area contributed by atoms with Crippen molar-refractivity contribution in [2.45, 2.75) is 51.4 Å². The van der Waals surface area contributed by atoms with E-state index in [9.17, 15) is 9.59 Å². The fraction of sp³-hybridized carbons (Fsp3) is 0.733. The Hall–Kier alpha value is -1.48. The number of nitrogens with one attached hydrogen (secondary N) is 1. The van der Waals surface area contributed by atoms with E-state index in [4.69, 9.17) is 18.9 Å². The summed E-state index contributed by atoms with van der Waals surface area (Å²) in [5.41, 5.74) is -0.546. The van der Waals surface area contributed by atoms with Gasteiger partial charge in [-0.15, -0.1) is 0 Å². The summed E-state index contributed by atoms with van der Waals surface area (Å²) in [5.74, 6) is 0. The molecule has 8 nitrogen and oxygen atoms in total. The maximum absolute atomic E-state index is 12.1. The van der Waals surface area contributed by atoms with Crippen LogP contribution in [-0.2, 0) is 18.9 Å². The molecule has 0 aliphatic carbocycles. The molecule has 1 saturated heterocycles.